The van der Waals surface area contributed by atoms with Gasteiger partial charge in [0.05, 0.1) is 0 Å². The Labute approximate surface area is 163 Å². The maximum atomic E-state index is 11.7. The molecule has 3 rings (SSSR count). The SMILES string of the molecule is CC(C)NC(=O)OC1CCC(c2cc(Nc3ccc(S(N)(=O)=O)cn3)n[nH]2)C1. The Balaban J connectivity index is 1.56. The van der Waals surface area contributed by atoms with Gasteiger partial charge in [-0.3, -0.25) is 5.10 Å². The number of amides is 1. The normalized spacial score (nSPS) is 19.6. The van der Waals surface area contributed by atoms with Gasteiger partial charge in [0.2, 0.25) is 10.0 Å². The highest BCUT2D eigenvalue weighted by molar-refractivity contribution is 7.89. The first-order chi connectivity index (χ1) is 13.2. The van der Waals surface area contributed by atoms with Crippen LogP contribution in [0.2, 0.25) is 0 Å². The zero-order valence-electron chi connectivity index (χ0n) is 15.7. The Hall–Kier alpha value is -2.66. The highest BCUT2D eigenvalue weighted by atomic mass is 32.2. The summed E-state index contributed by atoms with van der Waals surface area (Å²) in [4.78, 5) is 15.7. The number of rotatable bonds is 6. The van der Waals surface area contributed by atoms with Crippen molar-refractivity contribution in [3.8, 4) is 0 Å². The third kappa shape index (κ3) is 5.20. The zero-order valence-corrected chi connectivity index (χ0v) is 16.5. The van der Waals surface area contributed by atoms with Gasteiger partial charge in [0.1, 0.15) is 16.8 Å². The van der Waals surface area contributed by atoms with Gasteiger partial charge >= 0.3 is 6.09 Å². The molecular formula is C17H24N6O4S. The monoisotopic (exact) mass is 408 g/mol. The topological polar surface area (TPSA) is 152 Å². The number of carbonyl (C=O) groups is 1. The summed E-state index contributed by atoms with van der Waals surface area (Å²) in [5.41, 5.74) is 0.944. The minimum Gasteiger partial charge on any atom is -0.446 e. The third-order valence-corrected chi connectivity index (χ3v) is 5.32. The molecule has 0 aliphatic heterocycles. The fourth-order valence-electron chi connectivity index (χ4n) is 3.11. The molecule has 28 heavy (non-hydrogen) atoms. The number of nitrogens with two attached hydrogens (primary N) is 1. The van der Waals surface area contributed by atoms with Crippen molar-refractivity contribution in [2.75, 3.05) is 5.32 Å². The van der Waals surface area contributed by atoms with Crippen molar-refractivity contribution < 1.29 is 17.9 Å². The van der Waals surface area contributed by atoms with Crippen molar-refractivity contribution >= 4 is 27.8 Å². The van der Waals surface area contributed by atoms with E-state index in [1.807, 2.05) is 19.9 Å². The first-order valence-electron chi connectivity index (χ1n) is 8.99. The maximum absolute atomic E-state index is 11.7. The van der Waals surface area contributed by atoms with Gasteiger partial charge in [-0.1, -0.05) is 0 Å². The van der Waals surface area contributed by atoms with E-state index in [1.54, 1.807) is 0 Å². The number of H-pyrrole nitrogens is 1. The molecule has 0 aromatic carbocycles. The summed E-state index contributed by atoms with van der Waals surface area (Å²) in [5.74, 6) is 1.23. The number of hydrogen-bond donors (Lipinski definition) is 4. The lowest BCUT2D eigenvalue weighted by Crippen LogP contribution is -2.33. The Morgan fingerprint density at radius 2 is 2.11 bits per heavy atom. The van der Waals surface area contributed by atoms with Crippen LogP contribution in [0.5, 0.6) is 0 Å². The summed E-state index contributed by atoms with van der Waals surface area (Å²) < 4.78 is 28.0. The molecule has 2 unspecified atom stereocenters. The van der Waals surface area contributed by atoms with Crippen LogP contribution in [-0.4, -0.2) is 41.8 Å². The lowest BCUT2D eigenvalue weighted by molar-refractivity contribution is 0.0981. The highest BCUT2D eigenvalue weighted by Crippen LogP contribution is 2.36. The molecule has 0 spiro atoms. The molecule has 5 N–H and O–H groups in total. The van der Waals surface area contributed by atoms with Gasteiger partial charge in [-0.05, 0) is 45.2 Å². The first kappa shape index (κ1) is 20.1. The Bertz CT molecular complexity index is 925. The summed E-state index contributed by atoms with van der Waals surface area (Å²) in [7, 11) is -3.77. The van der Waals surface area contributed by atoms with Crippen LogP contribution in [0.15, 0.2) is 29.3 Å². The van der Waals surface area contributed by atoms with Crippen molar-refractivity contribution in [3.05, 3.63) is 30.1 Å². The van der Waals surface area contributed by atoms with Crippen LogP contribution in [-0.2, 0) is 14.8 Å². The van der Waals surface area contributed by atoms with E-state index in [1.165, 1.54) is 18.3 Å². The highest BCUT2D eigenvalue weighted by Gasteiger charge is 2.30. The van der Waals surface area contributed by atoms with Gasteiger partial charge in [0.25, 0.3) is 0 Å². The van der Waals surface area contributed by atoms with Crippen LogP contribution in [0.25, 0.3) is 0 Å². The third-order valence-electron chi connectivity index (χ3n) is 4.42. The molecule has 2 atom stereocenters. The van der Waals surface area contributed by atoms with Crippen molar-refractivity contribution in [2.24, 2.45) is 5.14 Å². The van der Waals surface area contributed by atoms with Gasteiger partial charge in [-0.25, -0.2) is 23.3 Å². The summed E-state index contributed by atoms with van der Waals surface area (Å²) >= 11 is 0. The van der Waals surface area contributed by atoms with Gasteiger partial charge in [-0.15, -0.1) is 0 Å². The van der Waals surface area contributed by atoms with Crippen LogP contribution in [0.3, 0.4) is 0 Å². The summed E-state index contributed by atoms with van der Waals surface area (Å²) in [5, 5.41) is 18.0. The minimum atomic E-state index is -3.77. The van der Waals surface area contributed by atoms with Crippen molar-refractivity contribution in [1.82, 2.24) is 20.5 Å². The first-order valence-corrected chi connectivity index (χ1v) is 10.5. The number of nitrogens with one attached hydrogen (secondary N) is 3. The largest absolute Gasteiger partial charge is 0.446 e. The lowest BCUT2D eigenvalue weighted by atomic mass is 10.0. The van der Waals surface area contributed by atoms with E-state index >= 15 is 0 Å². The second-order valence-electron chi connectivity index (χ2n) is 7.09. The number of aromatic amines is 1. The Morgan fingerprint density at radius 1 is 1.32 bits per heavy atom. The molecule has 152 valence electrons. The van der Waals surface area contributed by atoms with E-state index in [2.05, 4.69) is 25.8 Å². The van der Waals surface area contributed by atoms with Crippen LogP contribution in [0, 0.1) is 0 Å². The molecule has 1 aliphatic carbocycles. The number of primary sulfonamides is 1. The number of sulfonamides is 1. The van der Waals surface area contributed by atoms with Gasteiger partial charge < -0.3 is 15.4 Å². The molecule has 11 heteroatoms. The van der Waals surface area contributed by atoms with E-state index in [9.17, 15) is 13.2 Å². The van der Waals surface area contributed by atoms with E-state index in [-0.39, 0.29) is 29.1 Å². The molecule has 0 radical (unpaired) electrons. The molecule has 1 saturated carbocycles. The zero-order chi connectivity index (χ0) is 20.3. The number of carbonyl (C=O) groups excluding carboxylic acids is 1. The molecule has 2 aromatic rings. The van der Waals surface area contributed by atoms with Gasteiger partial charge in [-0.2, -0.15) is 5.10 Å². The molecule has 2 aromatic heterocycles. The fourth-order valence-corrected chi connectivity index (χ4v) is 3.57. The van der Waals surface area contributed by atoms with E-state index < -0.39 is 10.0 Å². The van der Waals surface area contributed by atoms with Crippen LogP contribution >= 0.6 is 0 Å². The maximum Gasteiger partial charge on any atom is 0.407 e. The second-order valence-corrected chi connectivity index (χ2v) is 8.66. The minimum absolute atomic E-state index is 0.0403. The number of ether oxygens (including phenoxy) is 1. The lowest BCUT2D eigenvalue weighted by Gasteiger charge is -2.14. The standard InChI is InChI=1S/C17H24N6O4S/c1-10(2)20-17(24)27-12-4-3-11(7-12)14-8-16(23-22-14)21-15-6-5-13(9-19-15)28(18,25)26/h5-6,8-12H,3-4,7H2,1-2H3,(H,20,24)(H2,18,25,26)(H2,19,21,22,23). The second kappa shape index (κ2) is 8.15. The average Bonchev–Trinajstić information content (AvgIpc) is 3.23. The number of aromatic nitrogens is 3. The van der Waals surface area contributed by atoms with Gasteiger partial charge in [0, 0.05) is 29.9 Å². The van der Waals surface area contributed by atoms with Crippen LogP contribution < -0.4 is 15.8 Å². The van der Waals surface area contributed by atoms with E-state index in [0.717, 1.165) is 25.0 Å². The predicted molar refractivity (Wildman–Crippen MR) is 103 cm³/mol. The van der Waals surface area contributed by atoms with E-state index in [0.29, 0.717) is 11.6 Å². The quantitative estimate of drug-likeness (QED) is 0.570. The number of nitrogens with zero attached hydrogens (tertiary/aromatic N) is 2. The average molecular weight is 408 g/mol. The van der Waals surface area contributed by atoms with E-state index in [4.69, 9.17) is 9.88 Å². The summed E-state index contributed by atoms with van der Waals surface area (Å²) in [6, 6.07) is 4.80. The summed E-state index contributed by atoms with van der Waals surface area (Å²) in [6.07, 6.45) is 3.11. The number of pyridine rings is 1. The van der Waals surface area contributed by atoms with Crippen molar-refractivity contribution in [3.63, 3.8) is 0 Å². The molecule has 0 bridgehead atoms. The van der Waals surface area contributed by atoms with Gasteiger partial charge in [0.15, 0.2) is 5.82 Å². The number of alkyl carbamates (subject to hydrolysis) is 1. The van der Waals surface area contributed by atoms with Crippen molar-refractivity contribution in [2.45, 2.75) is 56.1 Å². The molecule has 1 amide bonds. The van der Waals surface area contributed by atoms with Crippen LogP contribution in [0.1, 0.15) is 44.7 Å². The Morgan fingerprint density at radius 3 is 2.75 bits per heavy atom. The molecule has 1 fully saturated rings. The predicted octanol–water partition coefficient (Wildman–Crippen LogP) is 1.97. The van der Waals surface area contributed by atoms with Crippen molar-refractivity contribution in [1.29, 1.82) is 0 Å². The Kier molecular flexibility index (Phi) is 5.84. The fraction of sp³-hybridized carbons (Fsp3) is 0.471. The molecule has 2 heterocycles. The summed E-state index contributed by atoms with van der Waals surface area (Å²) in [6.45, 7) is 3.77. The molecule has 0 saturated heterocycles. The van der Waals surface area contributed by atoms with Crippen LogP contribution in [0.4, 0.5) is 16.4 Å². The number of anilines is 2. The molecule has 1 aliphatic rings. The smallest absolute Gasteiger partial charge is 0.407 e. The number of hydrogen-bond acceptors (Lipinski definition) is 7. The molecular weight excluding hydrogens is 384 g/mol. The molecule has 10 nitrogen and oxygen atoms in total.